The van der Waals surface area contributed by atoms with Crippen LogP contribution < -0.4 is 5.73 Å². The predicted octanol–water partition coefficient (Wildman–Crippen LogP) is 0.967. The number of hydrogen-bond acceptors (Lipinski definition) is 2. The van der Waals surface area contributed by atoms with Crippen LogP contribution in [0.2, 0.25) is 0 Å². The van der Waals surface area contributed by atoms with E-state index in [0.717, 1.165) is 16.5 Å². The van der Waals surface area contributed by atoms with Crippen LogP contribution in [-0.4, -0.2) is 59.8 Å². The Morgan fingerprint density at radius 1 is 1.50 bits per heavy atom. The standard InChI is InChI=1S/C11H12N2O2.Ca.2H/c12-9(11(14)15)5-7-6-13-10-4-2-1-3-8(7)10;;;/h1-4,6,9,13H,5,12H2,(H,14,15);;;/q;+2;2*-1/t9-;;;/m0.../s1. The van der Waals surface area contributed by atoms with Crippen molar-refractivity contribution in [1.29, 1.82) is 0 Å². The van der Waals surface area contributed by atoms with E-state index in [2.05, 4.69) is 4.98 Å². The molecule has 0 unspecified atom stereocenters. The first-order valence-electron chi connectivity index (χ1n) is 4.72. The van der Waals surface area contributed by atoms with Gasteiger partial charge in [-0.3, -0.25) is 4.79 Å². The third-order valence-electron chi connectivity index (χ3n) is 2.43. The van der Waals surface area contributed by atoms with E-state index in [0.29, 0.717) is 6.42 Å². The van der Waals surface area contributed by atoms with Gasteiger partial charge in [0.15, 0.2) is 0 Å². The number of hydrogen-bond donors (Lipinski definition) is 3. The van der Waals surface area contributed by atoms with Crippen LogP contribution in [-0.2, 0) is 11.2 Å². The Labute approximate surface area is 126 Å². The summed E-state index contributed by atoms with van der Waals surface area (Å²) in [6, 6.07) is 6.91. The van der Waals surface area contributed by atoms with Gasteiger partial charge in [-0.15, -0.1) is 0 Å². The van der Waals surface area contributed by atoms with Crippen LogP contribution in [0.15, 0.2) is 30.5 Å². The Bertz CT molecular complexity index is 505. The van der Waals surface area contributed by atoms with E-state index in [1.165, 1.54) is 0 Å². The van der Waals surface area contributed by atoms with Crippen molar-refractivity contribution in [3.8, 4) is 0 Å². The second-order valence-electron chi connectivity index (χ2n) is 3.51. The molecule has 4 N–H and O–H groups in total. The maximum absolute atomic E-state index is 10.6. The predicted molar refractivity (Wildman–Crippen MR) is 65.6 cm³/mol. The first-order valence-corrected chi connectivity index (χ1v) is 4.72. The second kappa shape index (κ2) is 5.68. The fraction of sp³-hybridized carbons (Fsp3) is 0.182. The number of para-hydroxylation sites is 1. The molecule has 0 saturated heterocycles. The molecule has 0 aliphatic carbocycles. The molecule has 0 amide bonds. The minimum atomic E-state index is -0.972. The summed E-state index contributed by atoms with van der Waals surface area (Å²) in [7, 11) is 0. The minimum absolute atomic E-state index is 0. The fourth-order valence-electron chi connectivity index (χ4n) is 1.62. The van der Waals surface area contributed by atoms with Crippen LogP contribution in [0, 0.1) is 0 Å². The van der Waals surface area contributed by atoms with Crippen molar-refractivity contribution in [2.24, 2.45) is 5.73 Å². The van der Waals surface area contributed by atoms with Crippen molar-refractivity contribution >= 4 is 54.6 Å². The summed E-state index contributed by atoms with van der Waals surface area (Å²) in [6.45, 7) is 0. The van der Waals surface area contributed by atoms with Crippen LogP contribution in [0.3, 0.4) is 0 Å². The largest absolute Gasteiger partial charge is 2.00 e. The van der Waals surface area contributed by atoms with Gasteiger partial charge in [0.05, 0.1) is 0 Å². The Morgan fingerprint density at radius 2 is 2.19 bits per heavy atom. The molecule has 1 heterocycles. The number of carboxylic acid groups (broad SMARTS) is 1. The quantitative estimate of drug-likeness (QED) is 0.706. The molecule has 16 heavy (non-hydrogen) atoms. The normalized spacial score (nSPS) is 12.1. The molecule has 1 atom stereocenters. The van der Waals surface area contributed by atoms with E-state index < -0.39 is 12.0 Å². The summed E-state index contributed by atoms with van der Waals surface area (Å²) >= 11 is 0. The summed E-state index contributed by atoms with van der Waals surface area (Å²) in [6.07, 6.45) is 2.16. The van der Waals surface area contributed by atoms with Crippen LogP contribution in [0.25, 0.3) is 10.9 Å². The number of carbonyl (C=O) groups is 1. The van der Waals surface area contributed by atoms with Crippen molar-refractivity contribution in [3.05, 3.63) is 36.0 Å². The Kier molecular flexibility index (Phi) is 4.80. The maximum Gasteiger partial charge on any atom is 2.00 e. The zero-order valence-corrected chi connectivity index (χ0v) is 11.0. The average molecular weight is 246 g/mol. The second-order valence-corrected chi connectivity index (χ2v) is 3.51. The molecular weight excluding hydrogens is 232 g/mol. The van der Waals surface area contributed by atoms with Gasteiger partial charge in [0.1, 0.15) is 6.04 Å². The molecule has 0 aliphatic rings. The van der Waals surface area contributed by atoms with Crippen LogP contribution in [0.5, 0.6) is 0 Å². The third kappa shape index (κ3) is 2.77. The fourth-order valence-corrected chi connectivity index (χ4v) is 1.62. The molecule has 0 saturated carbocycles. The zero-order chi connectivity index (χ0) is 10.8. The number of nitrogens with one attached hydrogen (secondary N) is 1. The molecule has 0 radical (unpaired) electrons. The molecule has 2 rings (SSSR count). The molecule has 2 aromatic rings. The molecule has 0 aliphatic heterocycles. The van der Waals surface area contributed by atoms with E-state index in [9.17, 15) is 4.79 Å². The number of fused-ring (bicyclic) bond motifs is 1. The van der Waals surface area contributed by atoms with Crippen molar-refractivity contribution in [2.75, 3.05) is 0 Å². The van der Waals surface area contributed by atoms with Crippen LogP contribution >= 0.6 is 0 Å². The Hall–Kier alpha value is -0.550. The van der Waals surface area contributed by atoms with Gasteiger partial charge in [-0.1, -0.05) is 18.2 Å². The van der Waals surface area contributed by atoms with Gasteiger partial charge in [0.25, 0.3) is 0 Å². The number of nitrogens with two attached hydrogens (primary N) is 1. The summed E-state index contributed by atoms with van der Waals surface area (Å²) in [5.74, 6) is -0.972. The van der Waals surface area contributed by atoms with Crippen LogP contribution in [0.4, 0.5) is 0 Å². The number of H-pyrrole nitrogens is 1. The number of carboxylic acids is 1. The number of benzene rings is 1. The Morgan fingerprint density at radius 3 is 2.88 bits per heavy atom. The molecule has 0 fully saturated rings. The van der Waals surface area contributed by atoms with Gasteiger partial charge < -0.3 is 18.7 Å². The summed E-state index contributed by atoms with van der Waals surface area (Å²) in [4.78, 5) is 13.7. The summed E-state index contributed by atoms with van der Waals surface area (Å²) < 4.78 is 0. The molecule has 1 aromatic heterocycles. The number of aromatic nitrogens is 1. The molecule has 1 aromatic carbocycles. The first-order chi connectivity index (χ1) is 7.18. The first kappa shape index (κ1) is 13.5. The zero-order valence-electron chi connectivity index (χ0n) is 10.8. The van der Waals surface area contributed by atoms with Crippen molar-refractivity contribution < 1.29 is 12.8 Å². The number of aliphatic carboxylic acids is 1. The van der Waals surface area contributed by atoms with E-state index in [4.69, 9.17) is 10.8 Å². The van der Waals surface area contributed by atoms with Crippen molar-refractivity contribution in [1.82, 2.24) is 4.98 Å². The molecule has 0 bridgehead atoms. The SMILES string of the molecule is N[C@@H](Cc1c[nH]c2ccccc12)C(=O)O.[Ca+2].[H-].[H-]. The smallest absolute Gasteiger partial charge is 1.00 e. The van der Waals surface area contributed by atoms with E-state index in [1.807, 2.05) is 30.5 Å². The van der Waals surface area contributed by atoms with Gasteiger partial charge in [-0.05, 0) is 11.6 Å². The topological polar surface area (TPSA) is 79.1 Å². The number of aromatic amines is 1. The molecular formula is C11H14CaN2O2. The molecule has 5 heteroatoms. The van der Waals surface area contributed by atoms with Crippen molar-refractivity contribution in [2.45, 2.75) is 12.5 Å². The van der Waals surface area contributed by atoms with Crippen molar-refractivity contribution in [3.63, 3.8) is 0 Å². The molecule has 4 nitrogen and oxygen atoms in total. The minimum Gasteiger partial charge on any atom is -1.00 e. The van der Waals surface area contributed by atoms with Crippen LogP contribution in [0.1, 0.15) is 8.42 Å². The third-order valence-corrected chi connectivity index (χ3v) is 2.43. The average Bonchev–Trinajstić information content (AvgIpc) is 2.62. The summed E-state index contributed by atoms with van der Waals surface area (Å²) in [5.41, 5.74) is 7.43. The summed E-state index contributed by atoms with van der Waals surface area (Å²) in [5, 5.41) is 9.75. The number of rotatable bonds is 3. The van der Waals surface area contributed by atoms with Gasteiger partial charge in [-0.25, -0.2) is 0 Å². The molecule has 82 valence electrons. The van der Waals surface area contributed by atoms with E-state index in [-0.39, 0.29) is 40.6 Å². The molecule has 0 spiro atoms. The van der Waals surface area contributed by atoms with E-state index >= 15 is 0 Å². The van der Waals surface area contributed by atoms with E-state index in [1.54, 1.807) is 0 Å². The van der Waals surface area contributed by atoms with Gasteiger partial charge in [0, 0.05) is 23.5 Å². The Balaban J connectivity index is 0. The van der Waals surface area contributed by atoms with Gasteiger partial charge >= 0.3 is 43.7 Å². The van der Waals surface area contributed by atoms with Gasteiger partial charge in [0.2, 0.25) is 0 Å². The maximum atomic E-state index is 10.6. The van der Waals surface area contributed by atoms with Gasteiger partial charge in [-0.2, -0.15) is 0 Å². The monoisotopic (exact) mass is 246 g/mol.